The average molecular weight is 320 g/mol. The molecule has 7 heteroatoms. The highest BCUT2D eigenvalue weighted by Crippen LogP contribution is 2.24. The normalized spacial score (nSPS) is 12.2. The van der Waals surface area contributed by atoms with Gasteiger partial charge in [0.2, 0.25) is 10.0 Å². The number of sulfonamides is 1. The summed E-state index contributed by atoms with van der Waals surface area (Å²) in [4.78, 5) is 11.4. The molecule has 0 aliphatic heterocycles. The first-order valence-corrected chi connectivity index (χ1v) is 7.81. The van der Waals surface area contributed by atoms with Crippen molar-refractivity contribution in [3.05, 3.63) is 28.8 Å². The Morgan fingerprint density at radius 1 is 1.40 bits per heavy atom. The highest BCUT2D eigenvalue weighted by molar-refractivity contribution is 7.89. The summed E-state index contributed by atoms with van der Waals surface area (Å²) in [6.45, 7) is 4.85. The summed E-state index contributed by atoms with van der Waals surface area (Å²) in [5.41, 5.74) is -0.490. The van der Waals surface area contributed by atoms with E-state index in [9.17, 15) is 13.2 Å². The van der Waals surface area contributed by atoms with Gasteiger partial charge < -0.3 is 4.74 Å². The van der Waals surface area contributed by atoms with Crippen molar-refractivity contribution in [2.75, 3.05) is 7.11 Å². The predicted molar refractivity (Wildman–Crippen MR) is 77.2 cm³/mol. The molecule has 0 heterocycles. The Hall–Kier alpha value is -1.11. The maximum atomic E-state index is 12.4. The third kappa shape index (κ3) is 4.19. The zero-order chi connectivity index (χ0) is 15.6. The van der Waals surface area contributed by atoms with Crippen LogP contribution in [0.15, 0.2) is 23.1 Å². The van der Waals surface area contributed by atoms with E-state index in [1.807, 2.05) is 0 Å². The Balaban J connectivity index is 3.06. The Kier molecular flexibility index (Phi) is 5.18. The molecule has 0 spiro atoms. The van der Waals surface area contributed by atoms with E-state index in [1.165, 1.54) is 13.2 Å². The first kappa shape index (κ1) is 16.9. The molecule has 1 aromatic rings. The average Bonchev–Trinajstić information content (AvgIpc) is 2.30. The lowest BCUT2D eigenvalue weighted by Crippen LogP contribution is -2.45. The van der Waals surface area contributed by atoms with Crippen molar-refractivity contribution in [3.8, 4) is 0 Å². The van der Waals surface area contributed by atoms with Crippen LogP contribution in [0.3, 0.4) is 0 Å². The maximum Gasteiger partial charge on any atom is 0.307 e. The Bertz CT molecular complexity index is 611. The van der Waals surface area contributed by atoms with E-state index in [2.05, 4.69) is 9.46 Å². The van der Waals surface area contributed by atoms with Gasteiger partial charge in [-0.3, -0.25) is 4.79 Å². The molecule has 1 aromatic carbocycles. The van der Waals surface area contributed by atoms with Crippen molar-refractivity contribution in [2.24, 2.45) is 0 Å². The molecule has 112 valence electrons. The molecule has 1 N–H and O–H groups in total. The topological polar surface area (TPSA) is 72.5 Å². The lowest BCUT2D eigenvalue weighted by atomic mass is 10.0. The number of carbonyl (C=O) groups excluding carboxylic acids is 1. The van der Waals surface area contributed by atoms with Crippen molar-refractivity contribution in [2.45, 2.75) is 37.6 Å². The molecule has 0 saturated carbocycles. The number of rotatable bonds is 5. The molecular weight excluding hydrogens is 302 g/mol. The minimum absolute atomic E-state index is 0.0671. The number of hydrogen-bond donors (Lipinski definition) is 1. The summed E-state index contributed by atoms with van der Waals surface area (Å²) < 4.78 is 31.8. The molecule has 0 bridgehead atoms. The van der Waals surface area contributed by atoms with Gasteiger partial charge in [-0.2, -0.15) is 0 Å². The van der Waals surface area contributed by atoms with Crippen molar-refractivity contribution < 1.29 is 17.9 Å². The molecule has 1 rings (SSSR count). The minimum Gasteiger partial charge on any atom is -0.469 e. The molecule has 0 aromatic heterocycles. The van der Waals surface area contributed by atoms with Gasteiger partial charge in [0.1, 0.15) is 0 Å². The molecule has 0 saturated heterocycles. The van der Waals surface area contributed by atoms with Crippen LogP contribution in [-0.4, -0.2) is 27.0 Å². The fraction of sp³-hybridized carbons (Fsp3) is 0.462. The van der Waals surface area contributed by atoms with Gasteiger partial charge in [0.25, 0.3) is 0 Å². The van der Waals surface area contributed by atoms with Gasteiger partial charge >= 0.3 is 5.97 Å². The number of ether oxygens (including phenoxy) is 1. The second-order valence-corrected chi connectivity index (χ2v) is 7.16. The van der Waals surface area contributed by atoms with Crippen LogP contribution in [0.5, 0.6) is 0 Å². The highest BCUT2D eigenvalue weighted by atomic mass is 35.5. The lowest BCUT2D eigenvalue weighted by Gasteiger charge is -2.25. The molecule has 5 nitrogen and oxygen atoms in total. The van der Waals surface area contributed by atoms with E-state index >= 15 is 0 Å². The number of carbonyl (C=O) groups is 1. The number of nitrogens with one attached hydrogen (secondary N) is 1. The molecule has 0 atom stereocenters. The van der Waals surface area contributed by atoms with Gasteiger partial charge in [0.05, 0.1) is 18.4 Å². The molecular formula is C13H18ClNO4S. The van der Waals surface area contributed by atoms with Crippen LogP contribution < -0.4 is 4.72 Å². The van der Waals surface area contributed by atoms with Gasteiger partial charge in [-0.05, 0) is 38.5 Å². The Morgan fingerprint density at radius 3 is 2.55 bits per heavy atom. The van der Waals surface area contributed by atoms with Crippen LogP contribution in [0.2, 0.25) is 5.02 Å². The van der Waals surface area contributed by atoms with E-state index in [-0.39, 0.29) is 11.3 Å². The third-order valence-corrected chi connectivity index (χ3v) is 4.98. The van der Waals surface area contributed by atoms with Crippen LogP contribution in [0.1, 0.15) is 25.8 Å². The summed E-state index contributed by atoms with van der Waals surface area (Å²) in [5.74, 6) is -0.486. The Morgan fingerprint density at radius 2 is 2.00 bits per heavy atom. The monoisotopic (exact) mass is 319 g/mol. The van der Waals surface area contributed by atoms with Crippen molar-refractivity contribution in [1.82, 2.24) is 4.72 Å². The van der Waals surface area contributed by atoms with Gasteiger partial charge in [0, 0.05) is 10.6 Å². The first-order chi connectivity index (χ1) is 9.09. The summed E-state index contributed by atoms with van der Waals surface area (Å²) in [5, 5.41) is 0.374. The zero-order valence-electron chi connectivity index (χ0n) is 11.9. The van der Waals surface area contributed by atoms with Crippen LogP contribution in [0.4, 0.5) is 0 Å². The third-order valence-electron chi connectivity index (χ3n) is 2.73. The van der Waals surface area contributed by atoms with Crippen molar-refractivity contribution >= 4 is 27.6 Å². The second-order valence-electron chi connectivity index (χ2n) is 5.11. The van der Waals surface area contributed by atoms with E-state index in [4.69, 9.17) is 11.6 Å². The predicted octanol–water partition coefficient (Wildman–Crippen LogP) is 2.27. The summed E-state index contributed by atoms with van der Waals surface area (Å²) >= 11 is 5.93. The first-order valence-electron chi connectivity index (χ1n) is 5.95. The molecule has 0 aliphatic carbocycles. The van der Waals surface area contributed by atoms with E-state index < -0.39 is 21.5 Å². The van der Waals surface area contributed by atoms with Crippen LogP contribution in [0, 0.1) is 6.92 Å². The Labute approximate surface area is 124 Å². The van der Waals surface area contributed by atoms with Gasteiger partial charge in [-0.15, -0.1) is 0 Å². The minimum atomic E-state index is -3.77. The SMILES string of the molecule is COC(=O)CC(C)(C)NS(=O)(=O)c1cccc(Cl)c1C. The van der Waals surface area contributed by atoms with Gasteiger partial charge in [-0.25, -0.2) is 13.1 Å². The molecule has 0 aliphatic rings. The van der Waals surface area contributed by atoms with Crippen LogP contribution >= 0.6 is 11.6 Å². The van der Waals surface area contributed by atoms with Crippen LogP contribution in [0.25, 0.3) is 0 Å². The standard InChI is InChI=1S/C13H18ClNO4S/c1-9-10(14)6-5-7-11(9)20(17,18)15-13(2,3)8-12(16)19-4/h5-7,15H,8H2,1-4H3. The number of benzene rings is 1. The van der Waals surface area contributed by atoms with Gasteiger partial charge in [0.15, 0.2) is 0 Å². The quantitative estimate of drug-likeness (QED) is 0.845. The number of hydrogen-bond acceptors (Lipinski definition) is 4. The lowest BCUT2D eigenvalue weighted by molar-refractivity contribution is -0.141. The number of halogens is 1. The smallest absolute Gasteiger partial charge is 0.307 e. The summed E-state index contributed by atoms with van der Waals surface area (Å²) in [7, 11) is -2.51. The van der Waals surface area contributed by atoms with E-state index in [0.29, 0.717) is 10.6 Å². The number of methoxy groups -OCH3 is 1. The van der Waals surface area contributed by atoms with E-state index in [0.717, 1.165) is 0 Å². The molecule has 0 amide bonds. The zero-order valence-corrected chi connectivity index (χ0v) is 13.4. The second kappa shape index (κ2) is 6.11. The fourth-order valence-corrected chi connectivity index (χ4v) is 3.68. The molecule has 0 radical (unpaired) electrons. The maximum absolute atomic E-state index is 12.4. The van der Waals surface area contributed by atoms with Crippen molar-refractivity contribution in [1.29, 1.82) is 0 Å². The molecule has 0 unspecified atom stereocenters. The molecule has 20 heavy (non-hydrogen) atoms. The van der Waals surface area contributed by atoms with Crippen molar-refractivity contribution in [3.63, 3.8) is 0 Å². The highest BCUT2D eigenvalue weighted by Gasteiger charge is 2.30. The van der Waals surface area contributed by atoms with Crippen LogP contribution in [-0.2, 0) is 19.6 Å². The summed E-state index contributed by atoms with van der Waals surface area (Å²) in [6, 6.07) is 4.66. The van der Waals surface area contributed by atoms with Gasteiger partial charge in [-0.1, -0.05) is 17.7 Å². The molecule has 0 fully saturated rings. The largest absolute Gasteiger partial charge is 0.469 e. The summed E-state index contributed by atoms with van der Waals surface area (Å²) in [6.07, 6.45) is -0.0671. The fourth-order valence-electron chi connectivity index (χ4n) is 1.77. The van der Waals surface area contributed by atoms with E-state index in [1.54, 1.807) is 32.9 Å². The number of esters is 1.